The first-order chi connectivity index (χ1) is 13.2. The molecule has 0 fully saturated rings. The van der Waals surface area contributed by atoms with E-state index in [9.17, 15) is 9.90 Å². The van der Waals surface area contributed by atoms with E-state index in [2.05, 4.69) is 22.0 Å². The van der Waals surface area contributed by atoms with Gasteiger partial charge in [0, 0.05) is 40.6 Å². The van der Waals surface area contributed by atoms with Crippen LogP contribution in [0.25, 0.3) is 10.9 Å². The Morgan fingerprint density at radius 3 is 2.56 bits per heavy atom. The number of rotatable bonds is 7. The number of hydrogen-bond acceptors (Lipinski definition) is 3. The van der Waals surface area contributed by atoms with Gasteiger partial charge >= 0.3 is 5.97 Å². The Balaban J connectivity index is 1.70. The summed E-state index contributed by atoms with van der Waals surface area (Å²) in [5.41, 5.74) is 3.02. The minimum atomic E-state index is -0.867. The summed E-state index contributed by atoms with van der Waals surface area (Å²) < 4.78 is 2.13. The fourth-order valence-electron chi connectivity index (χ4n) is 3.36. The molecule has 2 aromatic carbocycles. The number of thiophene rings is 1. The van der Waals surface area contributed by atoms with Gasteiger partial charge in [0.1, 0.15) is 6.04 Å². The first kappa shape index (κ1) is 17.5. The largest absolute Gasteiger partial charge is 0.480 e. The monoisotopic (exact) mass is 376 g/mol. The highest BCUT2D eigenvalue weighted by Crippen LogP contribution is 2.28. The van der Waals surface area contributed by atoms with Crippen molar-refractivity contribution in [2.75, 3.05) is 0 Å². The van der Waals surface area contributed by atoms with E-state index in [1.807, 2.05) is 66.2 Å². The van der Waals surface area contributed by atoms with E-state index in [0.717, 1.165) is 21.3 Å². The molecular formula is C22H20N2O2S. The quantitative estimate of drug-likeness (QED) is 0.493. The SMILES string of the molecule is O=C(O)C(NCc1cccs1)c1cn(Cc2ccccc2)c2ccccc12. The van der Waals surface area contributed by atoms with Gasteiger partial charge in [-0.05, 0) is 23.1 Å². The Bertz CT molecular complexity index is 1040. The fraction of sp³-hybridized carbons (Fsp3) is 0.136. The van der Waals surface area contributed by atoms with Crippen molar-refractivity contribution in [2.45, 2.75) is 19.1 Å². The zero-order valence-electron chi connectivity index (χ0n) is 14.7. The minimum absolute atomic E-state index is 0.535. The van der Waals surface area contributed by atoms with Crippen LogP contribution in [0.3, 0.4) is 0 Å². The molecule has 4 rings (SSSR count). The predicted molar refractivity (Wildman–Crippen MR) is 109 cm³/mol. The molecule has 0 amide bonds. The number of nitrogens with zero attached hydrogens (tertiary/aromatic N) is 1. The molecule has 1 unspecified atom stereocenters. The van der Waals surface area contributed by atoms with Gasteiger partial charge in [-0.1, -0.05) is 54.6 Å². The standard InChI is InChI=1S/C22H20N2O2S/c25-22(26)21(23-13-17-9-6-12-27-17)19-15-24(14-16-7-2-1-3-8-16)20-11-5-4-10-18(19)20/h1-12,15,21,23H,13-14H2,(H,25,26). The molecule has 0 radical (unpaired) electrons. The molecular weight excluding hydrogens is 356 g/mol. The van der Waals surface area contributed by atoms with E-state index >= 15 is 0 Å². The molecule has 0 aliphatic rings. The van der Waals surface area contributed by atoms with E-state index in [4.69, 9.17) is 0 Å². The van der Waals surface area contributed by atoms with Crippen molar-refractivity contribution >= 4 is 28.2 Å². The molecule has 4 aromatic rings. The maximum Gasteiger partial charge on any atom is 0.325 e. The summed E-state index contributed by atoms with van der Waals surface area (Å²) in [5, 5.41) is 16.0. The Morgan fingerprint density at radius 1 is 1.04 bits per heavy atom. The fourth-order valence-corrected chi connectivity index (χ4v) is 4.02. The number of aromatic nitrogens is 1. The van der Waals surface area contributed by atoms with Crippen molar-refractivity contribution in [2.24, 2.45) is 0 Å². The van der Waals surface area contributed by atoms with Gasteiger partial charge < -0.3 is 9.67 Å². The van der Waals surface area contributed by atoms with Gasteiger partial charge in [-0.15, -0.1) is 11.3 Å². The molecule has 136 valence electrons. The maximum atomic E-state index is 12.0. The summed E-state index contributed by atoms with van der Waals surface area (Å²) in [6.07, 6.45) is 1.97. The van der Waals surface area contributed by atoms with Gasteiger partial charge in [0.2, 0.25) is 0 Å². The van der Waals surface area contributed by atoms with Crippen LogP contribution < -0.4 is 5.32 Å². The highest BCUT2D eigenvalue weighted by molar-refractivity contribution is 7.09. The predicted octanol–water partition coefficient (Wildman–Crippen LogP) is 4.67. The number of nitrogens with one attached hydrogen (secondary N) is 1. The molecule has 1 atom stereocenters. The molecule has 5 heteroatoms. The summed E-state index contributed by atoms with van der Waals surface area (Å²) in [6.45, 7) is 1.24. The van der Waals surface area contributed by atoms with Crippen LogP contribution in [0.1, 0.15) is 22.0 Å². The first-order valence-corrected chi connectivity index (χ1v) is 9.70. The number of hydrogen-bond donors (Lipinski definition) is 2. The van der Waals surface area contributed by atoms with Gasteiger partial charge in [0.25, 0.3) is 0 Å². The summed E-state index contributed by atoms with van der Waals surface area (Å²) in [5.74, 6) is -0.867. The van der Waals surface area contributed by atoms with E-state index in [1.54, 1.807) is 11.3 Å². The topological polar surface area (TPSA) is 54.3 Å². The lowest BCUT2D eigenvalue weighted by atomic mass is 10.1. The van der Waals surface area contributed by atoms with Crippen LogP contribution in [0.4, 0.5) is 0 Å². The van der Waals surface area contributed by atoms with E-state index < -0.39 is 12.0 Å². The van der Waals surface area contributed by atoms with Crippen LogP contribution in [0, 0.1) is 0 Å². The number of para-hydroxylation sites is 1. The lowest BCUT2D eigenvalue weighted by Gasteiger charge is -2.13. The van der Waals surface area contributed by atoms with Crippen molar-refractivity contribution in [1.82, 2.24) is 9.88 Å². The van der Waals surface area contributed by atoms with E-state index in [1.165, 1.54) is 5.56 Å². The summed E-state index contributed by atoms with van der Waals surface area (Å²) in [4.78, 5) is 13.1. The van der Waals surface area contributed by atoms with Crippen molar-refractivity contribution in [3.8, 4) is 0 Å². The van der Waals surface area contributed by atoms with Gasteiger partial charge in [0.05, 0.1) is 0 Å². The van der Waals surface area contributed by atoms with Crippen molar-refractivity contribution < 1.29 is 9.90 Å². The van der Waals surface area contributed by atoms with Crippen LogP contribution in [0.5, 0.6) is 0 Å². The zero-order valence-corrected chi connectivity index (χ0v) is 15.5. The maximum absolute atomic E-state index is 12.0. The molecule has 0 saturated heterocycles. The summed E-state index contributed by atoms with van der Waals surface area (Å²) in [7, 11) is 0. The average Bonchev–Trinajstić information content (AvgIpc) is 3.32. The number of carboxylic acid groups (broad SMARTS) is 1. The zero-order chi connectivity index (χ0) is 18.6. The van der Waals surface area contributed by atoms with Crippen LogP contribution in [-0.4, -0.2) is 15.6 Å². The third-order valence-electron chi connectivity index (χ3n) is 4.63. The molecule has 0 aliphatic heterocycles. The number of carboxylic acids is 1. The Labute approximate surface area is 161 Å². The molecule has 0 bridgehead atoms. The van der Waals surface area contributed by atoms with Gasteiger partial charge in [-0.25, -0.2) is 0 Å². The Kier molecular flexibility index (Phi) is 5.05. The molecule has 2 aromatic heterocycles. The highest BCUT2D eigenvalue weighted by atomic mass is 32.1. The van der Waals surface area contributed by atoms with Gasteiger partial charge in [-0.3, -0.25) is 10.1 Å². The van der Waals surface area contributed by atoms with Crippen molar-refractivity contribution in [1.29, 1.82) is 0 Å². The van der Waals surface area contributed by atoms with Crippen LogP contribution >= 0.6 is 11.3 Å². The molecule has 27 heavy (non-hydrogen) atoms. The lowest BCUT2D eigenvalue weighted by molar-refractivity contribution is -0.139. The second-order valence-corrected chi connectivity index (χ2v) is 7.48. The number of carbonyl (C=O) groups is 1. The molecule has 2 N–H and O–H groups in total. The first-order valence-electron chi connectivity index (χ1n) is 8.82. The Morgan fingerprint density at radius 2 is 1.81 bits per heavy atom. The van der Waals surface area contributed by atoms with Crippen molar-refractivity contribution in [3.63, 3.8) is 0 Å². The summed E-state index contributed by atoms with van der Waals surface area (Å²) >= 11 is 1.62. The van der Waals surface area contributed by atoms with E-state index in [0.29, 0.717) is 13.1 Å². The van der Waals surface area contributed by atoms with Gasteiger partial charge in [-0.2, -0.15) is 0 Å². The third-order valence-corrected chi connectivity index (χ3v) is 5.51. The third kappa shape index (κ3) is 3.79. The van der Waals surface area contributed by atoms with Crippen molar-refractivity contribution in [3.05, 3.63) is 94.3 Å². The minimum Gasteiger partial charge on any atom is -0.480 e. The highest BCUT2D eigenvalue weighted by Gasteiger charge is 2.24. The smallest absolute Gasteiger partial charge is 0.325 e. The van der Waals surface area contributed by atoms with E-state index in [-0.39, 0.29) is 0 Å². The normalized spacial score (nSPS) is 12.3. The lowest BCUT2D eigenvalue weighted by Crippen LogP contribution is -2.27. The molecule has 0 spiro atoms. The second kappa shape index (κ2) is 7.78. The number of aliphatic carboxylic acids is 1. The number of fused-ring (bicyclic) bond motifs is 1. The van der Waals surface area contributed by atoms with Crippen LogP contribution in [0.15, 0.2) is 78.3 Å². The molecule has 0 aliphatic carbocycles. The molecule has 2 heterocycles. The average molecular weight is 376 g/mol. The summed E-state index contributed by atoms with van der Waals surface area (Å²) in [6, 6.07) is 21.4. The Hall–Kier alpha value is -2.89. The van der Waals surface area contributed by atoms with Crippen LogP contribution in [-0.2, 0) is 17.9 Å². The van der Waals surface area contributed by atoms with Crippen LogP contribution in [0.2, 0.25) is 0 Å². The molecule has 4 nitrogen and oxygen atoms in total. The number of benzene rings is 2. The van der Waals surface area contributed by atoms with Gasteiger partial charge in [0.15, 0.2) is 0 Å². The second-order valence-electron chi connectivity index (χ2n) is 6.45. The molecule has 0 saturated carbocycles.